The fourth-order valence-corrected chi connectivity index (χ4v) is 4.21. The summed E-state index contributed by atoms with van der Waals surface area (Å²) in [4.78, 5) is 31.1. The third-order valence-corrected chi connectivity index (χ3v) is 5.79. The fraction of sp³-hybridized carbons (Fsp3) is 0.300. The van der Waals surface area contributed by atoms with Gasteiger partial charge >= 0.3 is 0 Å². The standard InChI is InChI=1S/C20H21N3O4S/c24-16-10-23(11-17(16)25)20(27)15(8-12-4-2-1-3-5-12)21-18(26)14-9-13-6-7-28-19(13)22-14/h1-7,9,15-17,22,24-25H,8,10-11H2,(H,21,26)/t15-,16-,17+/m0/s1. The monoisotopic (exact) mass is 399 g/mol. The van der Waals surface area contributed by atoms with Crippen molar-refractivity contribution < 1.29 is 19.8 Å². The molecule has 0 saturated carbocycles. The van der Waals surface area contributed by atoms with Crippen LogP contribution in [0.3, 0.4) is 0 Å². The van der Waals surface area contributed by atoms with Gasteiger partial charge in [0, 0.05) is 24.9 Å². The Hall–Kier alpha value is -2.68. The van der Waals surface area contributed by atoms with Gasteiger partial charge in [-0.15, -0.1) is 11.3 Å². The molecule has 2 amide bonds. The molecule has 0 aliphatic carbocycles. The number of aliphatic hydroxyl groups is 2. The molecule has 7 nitrogen and oxygen atoms in total. The summed E-state index contributed by atoms with van der Waals surface area (Å²) in [5.74, 6) is -0.681. The predicted molar refractivity (Wildman–Crippen MR) is 106 cm³/mol. The van der Waals surface area contributed by atoms with Crippen molar-refractivity contribution in [3.05, 3.63) is 59.1 Å². The SMILES string of the molecule is O=C(N[C@@H](Cc1ccccc1)C(=O)N1C[C@@H](O)[C@@H](O)C1)c1cc2ccsc2[nH]1. The van der Waals surface area contributed by atoms with E-state index in [0.717, 1.165) is 15.8 Å². The highest BCUT2D eigenvalue weighted by Gasteiger charge is 2.36. The van der Waals surface area contributed by atoms with Gasteiger partial charge in [0.1, 0.15) is 16.6 Å². The number of aromatic nitrogens is 1. The molecule has 146 valence electrons. The second-order valence-corrected chi connectivity index (χ2v) is 7.90. The van der Waals surface area contributed by atoms with E-state index < -0.39 is 18.2 Å². The van der Waals surface area contributed by atoms with Gasteiger partial charge in [0.25, 0.3) is 5.91 Å². The minimum absolute atomic E-state index is 0.0550. The summed E-state index contributed by atoms with van der Waals surface area (Å²) < 4.78 is 0. The van der Waals surface area contributed by atoms with Gasteiger partial charge in [-0.2, -0.15) is 0 Å². The number of thiophene rings is 1. The molecule has 28 heavy (non-hydrogen) atoms. The van der Waals surface area contributed by atoms with E-state index in [9.17, 15) is 19.8 Å². The summed E-state index contributed by atoms with van der Waals surface area (Å²) in [5, 5.41) is 25.2. The van der Waals surface area contributed by atoms with Gasteiger partial charge in [0.15, 0.2) is 0 Å². The zero-order valence-corrected chi connectivity index (χ0v) is 15.9. The van der Waals surface area contributed by atoms with Gasteiger partial charge in [-0.25, -0.2) is 0 Å². The van der Waals surface area contributed by atoms with E-state index in [1.807, 2.05) is 41.8 Å². The van der Waals surface area contributed by atoms with Crippen molar-refractivity contribution in [2.24, 2.45) is 0 Å². The summed E-state index contributed by atoms with van der Waals surface area (Å²) in [5.41, 5.74) is 1.31. The highest BCUT2D eigenvalue weighted by molar-refractivity contribution is 7.16. The van der Waals surface area contributed by atoms with Gasteiger partial charge in [-0.3, -0.25) is 9.59 Å². The zero-order chi connectivity index (χ0) is 19.7. The maximum atomic E-state index is 13.0. The normalized spacial score (nSPS) is 20.4. The number of hydrogen-bond acceptors (Lipinski definition) is 5. The first-order valence-corrected chi connectivity index (χ1v) is 9.95. The van der Waals surface area contributed by atoms with E-state index >= 15 is 0 Å². The molecular formula is C20H21N3O4S. The Kier molecular flexibility index (Phi) is 5.17. The van der Waals surface area contributed by atoms with Crippen LogP contribution >= 0.6 is 11.3 Å². The summed E-state index contributed by atoms with van der Waals surface area (Å²) >= 11 is 1.51. The summed E-state index contributed by atoms with van der Waals surface area (Å²) in [6.07, 6.45) is -1.61. The maximum absolute atomic E-state index is 13.0. The molecule has 0 unspecified atom stereocenters. The summed E-state index contributed by atoms with van der Waals surface area (Å²) in [7, 11) is 0. The number of aliphatic hydroxyl groups excluding tert-OH is 2. The molecular weight excluding hydrogens is 378 g/mol. The van der Waals surface area contributed by atoms with Crippen LogP contribution in [0.25, 0.3) is 10.2 Å². The topological polar surface area (TPSA) is 106 Å². The number of rotatable bonds is 5. The second-order valence-electron chi connectivity index (χ2n) is 6.98. The molecule has 3 heterocycles. The minimum Gasteiger partial charge on any atom is -0.388 e. The highest BCUT2D eigenvalue weighted by atomic mass is 32.1. The second kappa shape index (κ2) is 7.75. The lowest BCUT2D eigenvalue weighted by Gasteiger charge is -2.24. The van der Waals surface area contributed by atoms with Crippen molar-refractivity contribution >= 4 is 33.4 Å². The molecule has 1 fully saturated rings. The molecule has 4 rings (SSSR count). The number of fused-ring (bicyclic) bond motifs is 1. The molecule has 0 bridgehead atoms. The van der Waals surface area contributed by atoms with Crippen LogP contribution in [0.2, 0.25) is 0 Å². The van der Waals surface area contributed by atoms with Crippen molar-refractivity contribution in [3.8, 4) is 0 Å². The number of nitrogens with zero attached hydrogens (tertiary/aromatic N) is 1. The Morgan fingerprint density at radius 2 is 1.89 bits per heavy atom. The lowest BCUT2D eigenvalue weighted by atomic mass is 10.0. The van der Waals surface area contributed by atoms with E-state index in [1.54, 1.807) is 6.07 Å². The van der Waals surface area contributed by atoms with Crippen LogP contribution in [0.5, 0.6) is 0 Å². The number of β-amino-alcohol motifs (C(OH)–C–C–N with tert-alkyl or cyclic N) is 2. The van der Waals surface area contributed by atoms with Gasteiger partial charge in [-0.05, 0) is 23.1 Å². The van der Waals surface area contributed by atoms with E-state index in [-0.39, 0.29) is 24.9 Å². The fourth-order valence-electron chi connectivity index (χ4n) is 3.43. The van der Waals surface area contributed by atoms with Gasteiger partial charge in [0.05, 0.1) is 12.2 Å². The summed E-state index contributed by atoms with van der Waals surface area (Å²) in [6.45, 7) is 0.110. The smallest absolute Gasteiger partial charge is 0.268 e. The van der Waals surface area contributed by atoms with Crippen LogP contribution in [0, 0.1) is 0 Å². The van der Waals surface area contributed by atoms with Crippen molar-refractivity contribution in [1.29, 1.82) is 0 Å². The van der Waals surface area contributed by atoms with Crippen LogP contribution in [-0.2, 0) is 11.2 Å². The molecule has 0 radical (unpaired) electrons. The average Bonchev–Trinajstić information content (AvgIpc) is 3.37. The lowest BCUT2D eigenvalue weighted by Crippen LogP contribution is -2.49. The Balaban J connectivity index is 1.54. The molecule has 3 atom stereocenters. The Labute approximate surface area is 165 Å². The average molecular weight is 399 g/mol. The molecule has 4 N–H and O–H groups in total. The van der Waals surface area contributed by atoms with E-state index in [1.165, 1.54) is 16.2 Å². The van der Waals surface area contributed by atoms with E-state index in [2.05, 4.69) is 10.3 Å². The number of hydrogen-bond donors (Lipinski definition) is 4. The van der Waals surface area contributed by atoms with Crippen molar-refractivity contribution in [2.45, 2.75) is 24.7 Å². The van der Waals surface area contributed by atoms with Crippen molar-refractivity contribution in [1.82, 2.24) is 15.2 Å². The first-order valence-electron chi connectivity index (χ1n) is 9.07. The van der Waals surface area contributed by atoms with E-state index in [4.69, 9.17) is 0 Å². The van der Waals surface area contributed by atoms with Crippen molar-refractivity contribution in [3.63, 3.8) is 0 Å². The molecule has 1 saturated heterocycles. The number of amides is 2. The quantitative estimate of drug-likeness (QED) is 0.516. The van der Waals surface area contributed by atoms with Crippen LogP contribution in [0.1, 0.15) is 16.1 Å². The maximum Gasteiger partial charge on any atom is 0.268 e. The third-order valence-electron chi connectivity index (χ3n) is 4.95. The molecule has 1 aliphatic heterocycles. The van der Waals surface area contributed by atoms with Crippen LogP contribution < -0.4 is 5.32 Å². The van der Waals surface area contributed by atoms with Gasteiger partial charge in [-0.1, -0.05) is 30.3 Å². The first-order chi connectivity index (χ1) is 13.5. The van der Waals surface area contributed by atoms with Crippen LogP contribution in [0.4, 0.5) is 0 Å². The number of carbonyl (C=O) groups is 2. The number of likely N-dealkylation sites (tertiary alicyclic amines) is 1. The van der Waals surface area contributed by atoms with E-state index in [0.29, 0.717) is 12.1 Å². The van der Waals surface area contributed by atoms with Crippen LogP contribution in [0.15, 0.2) is 47.8 Å². The minimum atomic E-state index is -0.966. The Morgan fingerprint density at radius 1 is 1.18 bits per heavy atom. The largest absolute Gasteiger partial charge is 0.388 e. The first kappa shape index (κ1) is 18.7. The van der Waals surface area contributed by atoms with Crippen molar-refractivity contribution in [2.75, 3.05) is 13.1 Å². The number of nitrogens with one attached hydrogen (secondary N) is 2. The molecule has 3 aromatic rings. The third kappa shape index (κ3) is 3.80. The summed E-state index contributed by atoms with van der Waals surface area (Å²) in [6, 6.07) is 12.3. The molecule has 0 spiro atoms. The number of H-pyrrole nitrogens is 1. The van der Waals surface area contributed by atoms with Gasteiger partial charge < -0.3 is 25.4 Å². The zero-order valence-electron chi connectivity index (χ0n) is 15.0. The number of carbonyl (C=O) groups excluding carboxylic acids is 2. The Morgan fingerprint density at radius 3 is 2.57 bits per heavy atom. The molecule has 1 aromatic carbocycles. The predicted octanol–water partition coefficient (Wildman–Crippen LogP) is 1.13. The number of benzene rings is 1. The molecule has 8 heteroatoms. The van der Waals surface area contributed by atoms with Crippen LogP contribution in [-0.4, -0.2) is 63.3 Å². The lowest BCUT2D eigenvalue weighted by molar-refractivity contribution is -0.132. The molecule has 2 aromatic heterocycles. The highest BCUT2D eigenvalue weighted by Crippen LogP contribution is 2.21. The van der Waals surface area contributed by atoms with Gasteiger partial charge in [0.2, 0.25) is 5.91 Å². The number of aromatic amines is 1. The molecule has 1 aliphatic rings. The Bertz CT molecular complexity index is 945.